The lowest BCUT2D eigenvalue weighted by Gasteiger charge is -2.05. The number of aryl methyl sites for hydroxylation is 1. The summed E-state index contributed by atoms with van der Waals surface area (Å²) in [5.74, 6) is -0.490. The molecule has 0 saturated carbocycles. The lowest BCUT2D eigenvalue weighted by molar-refractivity contribution is -0.120. The molecule has 0 spiro atoms. The molecule has 8 heteroatoms. The molecule has 0 bridgehead atoms. The molecule has 0 aliphatic rings. The summed E-state index contributed by atoms with van der Waals surface area (Å²) in [6.45, 7) is 1.54. The quantitative estimate of drug-likeness (QED) is 0.411. The molecule has 1 amide bonds. The van der Waals surface area contributed by atoms with Gasteiger partial charge in [-0.1, -0.05) is 30.3 Å². The van der Waals surface area contributed by atoms with Crippen molar-refractivity contribution < 1.29 is 9.90 Å². The number of nitrogens with one attached hydrogen (secondary N) is 3. The maximum absolute atomic E-state index is 12.0. The van der Waals surface area contributed by atoms with Gasteiger partial charge < -0.3 is 10.1 Å². The number of H-pyrrole nitrogens is 2. The third-order valence-corrected chi connectivity index (χ3v) is 3.92. The number of benzene rings is 2. The molecule has 0 radical (unpaired) electrons. The van der Waals surface area contributed by atoms with Crippen LogP contribution in [0.2, 0.25) is 0 Å². The van der Waals surface area contributed by atoms with Crippen LogP contribution in [0.25, 0.3) is 10.8 Å². The average molecular weight is 352 g/mol. The van der Waals surface area contributed by atoms with Gasteiger partial charge in [0.25, 0.3) is 5.56 Å². The first-order valence-electron chi connectivity index (χ1n) is 7.80. The summed E-state index contributed by atoms with van der Waals surface area (Å²) in [6, 6.07) is 10.8. The fraction of sp³-hybridized carbons (Fsp3) is 0.111. The zero-order valence-electron chi connectivity index (χ0n) is 13.9. The highest BCUT2D eigenvalue weighted by molar-refractivity contribution is 6.02. The molecule has 3 aromatic rings. The van der Waals surface area contributed by atoms with Crippen molar-refractivity contribution in [1.29, 1.82) is 0 Å². The van der Waals surface area contributed by atoms with E-state index in [0.717, 1.165) is 10.8 Å². The Balaban J connectivity index is 1.78. The number of rotatable bonds is 4. The van der Waals surface area contributed by atoms with Crippen molar-refractivity contribution in [3.8, 4) is 5.75 Å². The standard InChI is InChI=1S/C18H16N4O4/c1-10-13(17(25)21-18(26)20-10)8-16(24)22-19-9-14-12-5-3-2-4-11(12)6-7-15(14)23/h2-7,9,23H,8H2,1H3,(H,22,24)(H2,20,21,25,26)/b19-9-. The van der Waals surface area contributed by atoms with Crippen molar-refractivity contribution in [2.24, 2.45) is 5.10 Å². The van der Waals surface area contributed by atoms with E-state index in [4.69, 9.17) is 0 Å². The smallest absolute Gasteiger partial charge is 0.325 e. The second-order valence-corrected chi connectivity index (χ2v) is 5.70. The molecule has 4 N–H and O–H groups in total. The zero-order valence-corrected chi connectivity index (χ0v) is 13.9. The van der Waals surface area contributed by atoms with Crippen molar-refractivity contribution in [2.75, 3.05) is 0 Å². The van der Waals surface area contributed by atoms with Gasteiger partial charge in [0, 0.05) is 16.8 Å². The number of aromatic amines is 2. The Morgan fingerprint density at radius 3 is 2.73 bits per heavy atom. The average Bonchev–Trinajstić information content (AvgIpc) is 2.60. The normalized spacial score (nSPS) is 11.1. The summed E-state index contributed by atoms with van der Waals surface area (Å²) in [5, 5.41) is 15.6. The number of amides is 1. The first kappa shape index (κ1) is 17.2. The largest absolute Gasteiger partial charge is 0.507 e. The molecule has 1 heterocycles. The van der Waals surface area contributed by atoms with Gasteiger partial charge in [0.1, 0.15) is 5.75 Å². The molecule has 132 valence electrons. The molecular formula is C18H16N4O4. The molecule has 0 fully saturated rings. The van der Waals surface area contributed by atoms with Crippen LogP contribution in [0.5, 0.6) is 5.75 Å². The Hall–Kier alpha value is -3.68. The van der Waals surface area contributed by atoms with Crippen LogP contribution >= 0.6 is 0 Å². The van der Waals surface area contributed by atoms with Gasteiger partial charge in [-0.15, -0.1) is 0 Å². The van der Waals surface area contributed by atoms with Crippen molar-refractivity contribution >= 4 is 22.9 Å². The molecule has 0 aliphatic carbocycles. The van der Waals surface area contributed by atoms with Gasteiger partial charge in [0.05, 0.1) is 12.6 Å². The summed E-state index contributed by atoms with van der Waals surface area (Å²) in [5.41, 5.74) is 2.03. The minimum atomic E-state index is -0.624. The first-order chi connectivity index (χ1) is 12.5. The molecular weight excluding hydrogens is 336 g/mol. The summed E-state index contributed by atoms with van der Waals surface area (Å²) in [4.78, 5) is 39.4. The van der Waals surface area contributed by atoms with Crippen molar-refractivity contribution in [3.05, 3.63) is 74.1 Å². The summed E-state index contributed by atoms with van der Waals surface area (Å²) < 4.78 is 0. The number of carbonyl (C=O) groups excluding carboxylic acids is 1. The molecule has 0 aliphatic heterocycles. The number of nitrogens with zero attached hydrogens (tertiary/aromatic N) is 1. The highest BCUT2D eigenvalue weighted by atomic mass is 16.3. The molecule has 3 rings (SSSR count). The van der Waals surface area contributed by atoms with Crippen LogP contribution in [0.15, 0.2) is 51.1 Å². The van der Waals surface area contributed by atoms with Crippen molar-refractivity contribution in [3.63, 3.8) is 0 Å². The van der Waals surface area contributed by atoms with Crippen LogP contribution in [0.4, 0.5) is 0 Å². The molecule has 1 aromatic heterocycles. The highest BCUT2D eigenvalue weighted by Crippen LogP contribution is 2.25. The third kappa shape index (κ3) is 3.54. The van der Waals surface area contributed by atoms with Crippen LogP contribution < -0.4 is 16.7 Å². The van der Waals surface area contributed by atoms with E-state index in [1.165, 1.54) is 13.1 Å². The van der Waals surface area contributed by atoms with E-state index in [9.17, 15) is 19.5 Å². The number of fused-ring (bicyclic) bond motifs is 1. The number of aromatic nitrogens is 2. The van der Waals surface area contributed by atoms with E-state index in [1.807, 2.05) is 24.3 Å². The summed E-state index contributed by atoms with van der Waals surface area (Å²) in [7, 11) is 0. The van der Waals surface area contributed by atoms with Gasteiger partial charge in [-0.3, -0.25) is 14.6 Å². The Kier molecular flexibility index (Phi) is 4.66. The molecule has 0 atom stereocenters. The number of phenolic OH excluding ortho intramolecular Hbond substituents is 1. The van der Waals surface area contributed by atoms with Crippen molar-refractivity contribution in [1.82, 2.24) is 15.4 Å². The first-order valence-corrected chi connectivity index (χ1v) is 7.80. The van der Waals surface area contributed by atoms with Crippen LogP contribution in [0.1, 0.15) is 16.8 Å². The predicted molar refractivity (Wildman–Crippen MR) is 97.5 cm³/mol. The van der Waals surface area contributed by atoms with E-state index in [2.05, 4.69) is 20.5 Å². The monoisotopic (exact) mass is 352 g/mol. The van der Waals surface area contributed by atoms with Crippen LogP contribution in [0, 0.1) is 6.92 Å². The zero-order chi connectivity index (χ0) is 18.7. The molecule has 2 aromatic carbocycles. The topological polar surface area (TPSA) is 127 Å². The van der Waals surface area contributed by atoms with Crippen LogP contribution in [0.3, 0.4) is 0 Å². The fourth-order valence-corrected chi connectivity index (χ4v) is 2.63. The number of carbonyl (C=O) groups is 1. The van der Waals surface area contributed by atoms with Gasteiger partial charge in [0.15, 0.2) is 0 Å². The predicted octanol–water partition coefficient (Wildman–Crippen LogP) is 0.923. The number of hydrogen-bond acceptors (Lipinski definition) is 5. The summed E-state index contributed by atoms with van der Waals surface area (Å²) >= 11 is 0. The van der Waals surface area contributed by atoms with Crippen LogP contribution in [-0.4, -0.2) is 27.2 Å². The SMILES string of the molecule is Cc1[nH]c(=O)[nH]c(=O)c1CC(=O)N/N=C\c1c(O)ccc2ccccc12. The van der Waals surface area contributed by atoms with Gasteiger partial charge in [-0.2, -0.15) is 5.10 Å². The minimum Gasteiger partial charge on any atom is -0.507 e. The lowest BCUT2D eigenvalue weighted by Crippen LogP contribution is -2.30. The maximum atomic E-state index is 12.0. The number of aromatic hydroxyl groups is 1. The molecule has 0 saturated heterocycles. The number of phenols is 1. The van der Waals surface area contributed by atoms with E-state index in [-0.39, 0.29) is 17.7 Å². The van der Waals surface area contributed by atoms with E-state index >= 15 is 0 Å². The molecule has 8 nitrogen and oxygen atoms in total. The second kappa shape index (κ2) is 7.06. The van der Waals surface area contributed by atoms with Crippen LogP contribution in [-0.2, 0) is 11.2 Å². The van der Waals surface area contributed by atoms with Gasteiger partial charge in [0.2, 0.25) is 5.91 Å². The van der Waals surface area contributed by atoms with E-state index in [1.54, 1.807) is 12.1 Å². The van der Waals surface area contributed by atoms with Crippen molar-refractivity contribution in [2.45, 2.75) is 13.3 Å². The van der Waals surface area contributed by atoms with Gasteiger partial charge in [-0.05, 0) is 23.8 Å². The fourth-order valence-electron chi connectivity index (χ4n) is 2.63. The van der Waals surface area contributed by atoms with Gasteiger partial charge in [-0.25, -0.2) is 10.2 Å². The second-order valence-electron chi connectivity index (χ2n) is 5.70. The Bertz CT molecular complexity index is 1130. The minimum absolute atomic E-state index is 0.0367. The third-order valence-electron chi connectivity index (χ3n) is 3.92. The maximum Gasteiger partial charge on any atom is 0.325 e. The highest BCUT2D eigenvalue weighted by Gasteiger charge is 2.11. The number of hydrazone groups is 1. The Morgan fingerprint density at radius 2 is 1.96 bits per heavy atom. The molecule has 26 heavy (non-hydrogen) atoms. The Morgan fingerprint density at radius 1 is 1.19 bits per heavy atom. The van der Waals surface area contributed by atoms with E-state index in [0.29, 0.717) is 11.3 Å². The van der Waals surface area contributed by atoms with E-state index < -0.39 is 17.2 Å². The lowest BCUT2D eigenvalue weighted by atomic mass is 10.0. The Labute approximate surface area is 147 Å². The summed E-state index contributed by atoms with van der Waals surface area (Å²) in [6.07, 6.45) is 1.11. The van der Waals surface area contributed by atoms with Gasteiger partial charge >= 0.3 is 5.69 Å². The molecule has 0 unspecified atom stereocenters. The number of hydrogen-bond donors (Lipinski definition) is 4.